The first-order chi connectivity index (χ1) is 14.0. The molecule has 0 unspecified atom stereocenters. The van der Waals surface area contributed by atoms with Crippen LogP contribution >= 0.6 is 34.3 Å². The van der Waals surface area contributed by atoms with Gasteiger partial charge in [-0.05, 0) is 43.0 Å². The summed E-state index contributed by atoms with van der Waals surface area (Å²) < 4.78 is 7.36. The fourth-order valence-corrected chi connectivity index (χ4v) is 5.29. The van der Waals surface area contributed by atoms with Crippen LogP contribution in [0, 0.1) is 0 Å². The van der Waals surface area contributed by atoms with E-state index < -0.39 is 12.0 Å². The highest BCUT2D eigenvalue weighted by atomic mass is 35.5. The maximum Gasteiger partial charge on any atom is 0.338 e. The Morgan fingerprint density at radius 2 is 2.10 bits per heavy atom. The zero-order chi connectivity index (χ0) is 20.5. The highest BCUT2D eigenvalue weighted by molar-refractivity contribution is 7.10. The van der Waals surface area contributed by atoms with Crippen molar-refractivity contribution in [2.75, 3.05) is 6.61 Å². The van der Waals surface area contributed by atoms with Crippen molar-refractivity contribution in [3.63, 3.8) is 0 Å². The van der Waals surface area contributed by atoms with Crippen molar-refractivity contribution in [3.05, 3.63) is 88.2 Å². The number of nitrogens with zero attached hydrogens (tertiary/aromatic N) is 2. The lowest BCUT2D eigenvalue weighted by Crippen LogP contribution is -2.39. The minimum Gasteiger partial charge on any atom is -0.463 e. The van der Waals surface area contributed by atoms with Crippen molar-refractivity contribution >= 4 is 46.3 Å². The van der Waals surface area contributed by atoms with Crippen LogP contribution in [0.1, 0.15) is 30.3 Å². The fourth-order valence-electron chi connectivity index (χ4n) is 3.24. The first-order valence-electron chi connectivity index (χ1n) is 8.99. The molecule has 2 aromatic heterocycles. The van der Waals surface area contributed by atoms with Gasteiger partial charge >= 0.3 is 5.97 Å². The van der Waals surface area contributed by atoms with Crippen molar-refractivity contribution in [2.45, 2.75) is 19.9 Å². The maximum absolute atomic E-state index is 13.3. The van der Waals surface area contributed by atoms with Crippen LogP contribution in [0.15, 0.2) is 62.8 Å². The summed E-state index contributed by atoms with van der Waals surface area (Å²) in [5.41, 5.74) is 1.51. The normalized spacial score (nSPS) is 16.5. The summed E-state index contributed by atoms with van der Waals surface area (Å²) in [6.45, 7) is 3.79. The summed E-state index contributed by atoms with van der Waals surface area (Å²) in [5.74, 6) is -0.451. The summed E-state index contributed by atoms with van der Waals surface area (Å²) in [4.78, 5) is 32.0. The third-order valence-corrected chi connectivity index (χ3v) is 6.77. The smallest absolute Gasteiger partial charge is 0.338 e. The number of aromatic nitrogens is 1. The Labute approximate surface area is 179 Å². The zero-order valence-electron chi connectivity index (χ0n) is 15.7. The number of fused-ring (bicyclic) bond motifs is 1. The Balaban J connectivity index is 1.96. The summed E-state index contributed by atoms with van der Waals surface area (Å²) in [6.07, 6.45) is 1.76. The Bertz CT molecular complexity index is 1290. The van der Waals surface area contributed by atoms with Crippen molar-refractivity contribution in [1.82, 2.24) is 4.57 Å². The SMILES string of the molecule is CCOC(=O)C1=C(C)N=c2s/c(=C/c3ccccc3Cl)c(=O)n2[C@@H]1c1cccs1. The second-order valence-corrected chi connectivity index (χ2v) is 8.73. The van der Waals surface area contributed by atoms with E-state index in [9.17, 15) is 9.59 Å². The monoisotopic (exact) mass is 444 g/mol. The average Bonchev–Trinajstić information content (AvgIpc) is 3.32. The van der Waals surface area contributed by atoms with Crippen molar-refractivity contribution in [2.24, 2.45) is 4.99 Å². The average molecular weight is 445 g/mol. The zero-order valence-corrected chi connectivity index (χ0v) is 18.1. The second-order valence-electron chi connectivity index (χ2n) is 6.34. The molecule has 1 atom stereocenters. The lowest BCUT2D eigenvalue weighted by molar-refractivity contribution is -0.139. The summed E-state index contributed by atoms with van der Waals surface area (Å²) in [5, 5.41) is 2.49. The number of hydrogen-bond donors (Lipinski definition) is 0. The lowest BCUT2D eigenvalue weighted by atomic mass is 10.0. The Kier molecular flexibility index (Phi) is 5.54. The molecule has 148 valence electrons. The standard InChI is InChI=1S/C21H17ClN2O3S2/c1-3-27-20(26)17-12(2)23-21-24(18(17)15-9-6-10-28-15)19(25)16(29-21)11-13-7-4-5-8-14(13)22/h4-11,18H,3H2,1-2H3/b16-11+/t18-/m1/s1. The predicted molar refractivity (Wildman–Crippen MR) is 116 cm³/mol. The van der Waals surface area contributed by atoms with Crippen molar-refractivity contribution in [1.29, 1.82) is 0 Å². The van der Waals surface area contributed by atoms with E-state index in [4.69, 9.17) is 16.3 Å². The number of carbonyl (C=O) groups is 1. The van der Waals surface area contributed by atoms with Crippen LogP contribution in [0.2, 0.25) is 5.02 Å². The Morgan fingerprint density at radius 1 is 1.31 bits per heavy atom. The van der Waals surface area contributed by atoms with Crippen LogP contribution in [-0.4, -0.2) is 17.1 Å². The van der Waals surface area contributed by atoms with E-state index in [0.29, 0.717) is 25.6 Å². The summed E-state index contributed by atoms with van der Waals surface area (Å²) >= 11 is 9.03. The van der Waals surface area contributed by atoms with Gasteiger partial charge in [0.1, 0.15) is 6.04 Å². The van der Waals surface area contributed by atoms with Gasteiger partial charge in [0.25, 0.3) is 5.56 Å². The summed E-state index contributed by atoms with van der Waals surface area (Å²) in [6, 6.07) is 10.6. The number of halogens is 1. The first kappa shape index (κ1) is 19.8. The van der Waals surface area contributed by atoms with E-state index >= 15 is 0 Å². The molecule has 0 bridgehead atoms. The number of esters is 1. The van der Waals surface area contributed by atoms with Gasteiger partial charge < -0.3 is 4.74 Å². The van der Waals surface area contributed by atoms with Gasteiger partial charge in [-0.1, -0.05) is 47.2 Å². The Hall–Kier alpha value is -2.48. The number of ether oxygens (including phenoxy) is 1. The first-order valence-corrected chi connectivity index (χ1v) is 11.1. The minimum absolute atomic E-state index is 0.207. The highest BCUT2D eigenvalue weighted by Crippen LogP contribution is 2.33. The van der Waals surface area contributed by atoms with E-state index in [2.05, 4.69) is 4.99 Å². The molecule has 0 saturated carbocycles. The molecule has 0 radical (unpaired) electrons. The molecule has 4 rings (SSSR count). The molecule has 5 nitrogen and oxygen atoms in total. The number of thiazole rings is 1. The molecule has 0 aliphatic carbocycles. The molecular weight excluding hydrogens is 428 g/mol. The van der Waals surface area contributed by atoms with E-state index in [0.717, 1.165) is 10.4 Å². The van der Waals surface area contributed by atoms with Crippen LogP contribution in [-0.2, 0) is 9.53 Å². The van der Waals surface area contributed by atoms with Gasteiger partial charge in [0.05, 0.1) is 22.4 Å². The molecule has 0 fully saturated rings. The van der Waals surface area contributed by atoms with Crippen LogP contribution in [0.25, 0.3) is 6.08 Å². The van der Waals surface area contributed by atoms with Gasteiger partial charge in [0.2, 0.25) is 0 Å². The van der Waals surface area contributed by atoms with Gasteiger partial charge in [0.15, 0.2) is 4.80 Å². The number of carbonyl (C=O) groups excluding carboxylic acids is 1. The van der Waals surface area contributed by atoms with E-state index in [1.54, 1.807) is 30.6 Å². The van der Waals surface area contributed by atoms with Gasteiger partial charge in [-0.15, -0.1) is 11.3 Å². The van der Waals surface area contributed by atoms with Crippen molar-refractivity contribution in [3.8, 4) is 0 Å². The molecule has 1 aromatic carbocycles. The third kappa shape index (κ3) is 3.61. The fraction of sp³-hybridized carbons (Fsp3) is 0.190. The van der Waals surface area contributed by atoms with Gasteiger partial charge in [-0.25, -0.2) is 9.79 Å². The number of rotatable bonds is 4. The molecule has 0 spiro atoms. The quantitative estimate of drug-likeness (QED) is 0.578. The number of benzene rings is 1. The highest BCUT2D eigenvalue weighted by Gasteiger charge is 2.33. The number of hydrogen-bond acceptors (Lipinski definition) is 6. The second kappa shape index (κ2) is 8.10. The number of allylic oxidation sites excluding steroid dienone is 1. The van der Waals surface area contributed by atoms with E-state index in [-0.39, 0.29) is 12.2 Å². The lowest BCUT2D eigenvalue weighted by Gasteiger charge is -2.23. The largest absolute Gasteiger partial charge is 0.463 e. The van der Waals surface area contributed by atoms with E-state index in [1.807, 2.05) is 35.7 Å². The molecule has 29 heavy (non-hydrogen) atoms. The minimum atomic E-state index is -0.557. The molecule has 8 heteroatoms. The molecular formula is C21H17ClN2O3S2. The Morgan fingerprint density at radius 3 is 2.79 bits per heavy atom. The summed E-state index contributed by atoms with van der Waals surface area (Å²) in [7, 11) is 0. The topological polar surface area (TPSA) is 60.7 Å². The van der Waals surface area contributed by atoms with Gasteiger partial charge in [-0.2, -0.15) is 0 Å². The van der Waals surface area contributed by atoms with Crippen LogP contribution < -0.4 is 14.9 Å². The predicted octanol–water partition coefficient (Wildman–Crippen LogP) is 3.51. The van der Waals surface area contributed by atoms with Gasteiger partial charge in [0, 0.05) is 9.90 Å². The molecule has 1 aliphatic heterocycles. The van der Waals surface area contributed by atoms with Crippen LogP contribution in [0.4, 0.5) is 0 Å². The molecule has 0 saturated heterocycles. The molecule has 3 heterocycles. The van der Waals surface area contributed by atoms with Gasteiger partial charge in [-0.3, -0.25) is 9.36 Å². The molecule has 0 amide bonds. The van der Waals surface area contributed by atoms with Crippen LogP contribution in [0.3, 0.4) is 0 Å². The molecule has 0 N–H and O–H groups in total. The van der Waals surface area contributed by atoms with Crippen molar-refractivity contribution < 1.29 is 9.53 Å². The van der Waals surface area contributed by atoms with E-state index in [1.165, 1.54) is 22.7 Å². The molecule has 3 aromatic rings. The third-order valence-electron chi connectivity index (χ3n) is 4.52. The molecule has 1 aliphatic rings. The van der Waals surface area contributed by atoms with Crippen LogP contribution in [0.5, 0.6) is 0 Å². The number of thiophene rings is 1. The maximum atomic E-state index is 13.3.